The highest BCUT2D eigenvalue weighted by atomic mass is 15.1. The van der Waals surface area contributed by atoms with Crippen LogP contribution in [0.1, 0.15) is 12.0 Å². The van der Waals surface area contributed by atoms with Crippen LogP contribution in [0.15, 0.2) is 36.9 Å². The van der Waals surface area contributed by atoms with Crippen LogP contribution >= 0.6 is 0 Å². The highest BCUT2D eigenvalue weighted by Crippen LogP contribution is 2.19. The maximum atomic E-state index is 5.69. The molecule has 0 aromatic heterocycles. The fourth-order valence-electron chi connectivity index (χ4n) is 2.28. The Morgan fingerprint density at radius 1 is 1.38 bits per heavy atom. The fraction of sp³-hybridized carbons (Fsp3) is 0.429. The van der Waals surface area contributed by atoms with Crippen molar-refractivity contribution in [1.29, 1.82) is 0 Å². The van der Waals surface area contributed by atoms with Crippen molar-refractivity contribution in [3.8, 4) is 0 Å². The summed E-state index contributed by atoms with van der Waals surface area (Å²) in [5, 5.41) is 0. The zero-order valence-electron chi connectivity index (χ0n) is 9.73. The predicted molar refractivity (Wildman–Crippen MR) is 69.1 cm³/mol. The Kier molecular flexibility index (Phi) is 3.75. The molecular weight excluding hydrogens is 196 g/mol. The third-order valence-corrected chi connectivity index (χ3v) is 3.30. The first-order valence-electron chi connectivity index (χ1n) is 5.95. The van der Waals surface area contributed by atoms with Gasteiger partial charge >= 0.3 is 0 Å². The van der Waals surface area contributed by atoms with E-state index in [4.69, 9.17) is 5.73 Å². The molecular formula is C14H20N2. The van der Waals surface area contributed by atoms with Crippen LogP contribution < -0.4 is 5.73 Å². The molecule has 0 bridgehead atoms. The van der Waals surface area contributed by atoms with Crippen molar-refractivity contribution in [2.45, 2.75) is 6.42 Å². The molecule has 2 rings (SSSR count). The van der Waals surface area contributed by atoms with Gasteiger partial charge in [-0.15, -0.1) is 0 Å². The molecule has 0 amide bonds. The topological polar surface area (TPSA) is 29.3 Å². The van der Waals surface area contributed by atoms with Gasteiger partial charge in [0.05, 0.1) is 0 Å². The van der Waals surface area contributed by atoms with E-state index in [0.717, 1.165) is 26.2 Å². The first-order valence-corrected chi connectivity index (χ1v) is 5.95. The Bertz CT molecular complexity index is 345. The van der Waals surface area contributed by atoms with Gasteiger partial charge in [-0.2, -0.15) is 0 Å². The molecule has 0 spiro atoms. The largest absolute Gasteiger partial charge is 0.330 e. The Labute approximate surface area is 97.8 Å². The minimum absolute atomic E-state index is 0.684. The van der Waals surface area contributed by atoms with Gasteiger partial charge in [-0.1, -0.05) is 36.9 Å². The van der Waals surface area contributed by atoms with Crippen LogP contribution in [0.5, 0.6) is 0 Å². The molecule has 1 unspecified atom stereocenters. The van der Waals surface area contributed by atoms with E-state index in [1.54, 1.807) is 0 Å². The maximum Gasteiger partial charge on any atom is 0.0233 e. The summed E-state index contributed by atoms with van der Waals surface area (Å²) in [6.45, 7) is 8.24. The molecule has 2 N–H and O–H groups in total. The van der Waals surface area contributed by atoms with Crippen LogP contribution in [-0.4, -0.2) is 31.1 Å². The van der Waals surface area contributed by atoms with Crippen molar-refractivity contribution in [1.82, 2.24) is 4.90 Å². The number of likely N-dealkylation sites (tertiary alicyclic amines) is 1. The Hall–Kier alpha value is -1.12. The van der Waals surface area contributed by atoms with E-state index in [-0.39, 0.29) is 0 Å². The number of nitrogens with zero attached hydrogens (tertiary/aromatic N) is 1. The zero-order chi connectivity index (χ0) is 11.4. The van der Waals surface area contributed by atoms with E-state index in [2.05, 4.69) is 35.7 Å². The SMILES string of the molecule is C=C(CN1CCC(CN)C1)c1ccccc1. The molecule has 2 heteroatoms. The van der Waals surface area contributed by atoms with Crippen LogP contribution in [0.25, 0.3) is 5.57 Å². The quantitative estimate of drug-likeness (QED) is 0.834. The van der Waals surface area contributed by atoms with Gasteiger partial charge in [0.2, 0.25) is 0 Å². The monoisotopic (exact) mass is 216 g/mol. The number of rotatable bonds is 4. The van der Waals surface area contributed by atoms with E-state index in [9.17, 15) is 0 Å². The molecule has 1 aliphatic rings. The van der Waals surface area contributed by atoms with Crippen LogP contribution in [0.2, 0.25) is 0 Å². The first-order chi connectivity index (χ1) is 7.79. The van der Waals surface area contributed by atoms with Crippen LogP contribution in [0.3, 0.4) is 0 Å². The summed E-state index contributed by atoms with van der Waals surface area (Å²) in [6, 6.07) is 10.4. The standard InChI is InChI=1S/C14H20N2/c1-12(14-5-3-2-4-6-14)10-16-8-7-13(9-15)11-16/h2-6,13H,1,7-11,15H2. The van der Waals surface area contributed by atoms with Gasteiger partial charge in [-0.3, -0.25) is 4.90 Å². The lowest BCUT2D eigenvalue weighted by atomic mass is 10.1. The lowest BCUT2D eigenvalue weighted by Crippen LogP contribution is -2.24. The van der Waals surface area contributed by atoms with Crippen molar-refractivity contribution in [2.75, 3.05) is 26.2 Å². The number of nitrogens with two attached hydrogens (primary N) is 1. The molecule has 0 radical (unpaired) electrons. The summed E-state index contributed by atoms with van der Waals surface area (Å²) in [4.78, 5) is 2.45. The number of hydrogen-bond donors (Lipinski definition) is 1. The lowest BCUT2D eigenvalue weighted by molar-refractivity contribution is 0.365. The molecule has 0 aliphatic carbocycles. The molecule has 1 heterocycles. The van der Waals surface area contributed by atoms with E-state index in [1.807, 2.05) is 6.07 Å². The molecule has 1 saturated heterocycles. The summed E-state index contributed by atoms with van der Waals surface area (Å²) in [7, 11) is 0. The lowest BCUT2D eigenvalue weighted by Gasteiger charge is -2.17. The molecule has 16 heavy (non-hydrogen) atoms. The Morgan fingerprint density at radius 2 is 2.12 bits per heavy atom. The van der Waals surface area contributed by atoms with Crippen molar-refractivity contribution >= 4 is 5.57 Å². The zero-order valence-corrected chi connectivity index (χ0v) is 9.73. The van der Waals surface area contributed by atoms with Gasteiger partial charge in [0.25, 0.3) is 0 Å². The molecule has 1 aromatic rings. The third-order valence-electron chi connectivity index (χ3n) is 3.30. The second-order valence-corrected chi connectivity index (χ2v) is 4.60. The normalized spacial score (nSPS) is 21.2. The fourth-order valence-corrected chi connectivity index (χ4v) is 2.28. The predicted octanol–water partition coefficient (Wildman–Crippen LogP) is 1.98. The van der Waals surface area contributed by atoms with Crippen LogP contribution in [-0.2, 0) is 0 Å². The van der Waals surface area contributed by atoms with Crippen molar-refractivity contribution in [3.63, 3.8) is 0 Å². The van der Waals surface area contributed by atoms with Gasteiger partial charge in [0, 0.05) is 13.1 Å². The summed E-state index contributed by atoms with van der Waals surface area (Å²) < 4.78 is 0. The summed E-state index contributed by atoms with van der Waals surface area (Å²) >= 11 is 0. The smallest absolute Gasteiger partial charge is 0.0233 e. The molecule has 86 valence electrons. The molecule has 0 saturated carbocycles. The maximum absolute atomic E-state index is 5.69. The summed E-state index contributed by atoms with van der Waals surface area (Å²) in [5.41, 5.74) is 8.14. The van der Waals surface area contributed by atoms with Crippen molar-refractivity contribution in [3.05, 3.63) is 42.5 Å². The van der Waals surface area contributed by atoms with Gasteiger partial charge in [-0.25, -0.2) is 0 Å². The summed E-state index contributed by atoms with van der Waals surface area (Å²) in [5.74, 6) is 0.684. The molecule has 1 aliphatic heterocycles. The molecule has 1 atom stereocenters. The number of benzene rings is 1. The molecule has 1 fully saturated rings. The third kappa shape index (κ3) is 2.71. The Morgan fingerprint density at radius 3 is 2.75 bits per heavy atom. The first kappa shape index (κ1) is 11.4. The van der Waals surface area contributed by atoms with Gasteiger partial charge in [-0.05, 0) is 36.6 Å². The average Bonchev–Trinajstić information content (AvgIpc) is 2.78. The van der Waals surface area contributed by atoms with Gasteiger partial charge < -0.3 is 5.73 Å². The van der Waals surface area contributed by atoms with Crippen LogP contribution in [0, 0.1) is 5.92 Å². The van der Waals surface area contributed by atoms with E-state index >= 15 is 0 Å². The van der Waals surface area contributed by atoms with E-state index < -0.39 is 0 Å². The second-order valence-electron chi connectivity index (χ2n) is 4.60. The van der Waals surface area contributed by atoms with E-state index in [1.165, 1.54) is 17.6 Å². The van der Waals surface area contributed by atoms with E-state index in [0.29, 0.717) is 5.92 Å². The second kappa shape index (κ2) is 5.28. The Balaban J connectivity index is 1.89. The molecule has 1 aromatic carbocycles. The highest BCUT2D eigenvalue weighted by molar-refractivity contribution is 5.64. The minimum atomic E-state index is 0.684. The van der Waals surface area contributed by atoms with Crippen molar-refractivity contribution < 1.29 is 0 Å². The van der Waals surface area contributed by atoms with Crippen LogP contribution in [0.4, 0.5) is 0 Å². The highest BCUT2D eigenvalue weighted by Gasteiger charge is 2.21. The number of hydrogen-bond acceptors (Lipinski definition) is 2. The minimum Gasteiger partial charge on any atom is -0.330 e. The van der Waals surface area contributed by atoms with Gasteiger partial charge in [0.1, 0.15) is 0 Å². The average molecular weight is 216 g/mol. The van der Waals surface area contributed by atoms with Gasteiger partial charge in [0.15, 0.2) is 0 Å². The summed E-state index contributed by atoms with van der Waals surface area (Å²) in [6.07, 6.45) is 1.23. The van der Waals surface area contributed by atoms with Crippen molar-refractivity contribution in [2.24, 2.45) is 11.7 Å². The molecule has 2 nitrogen and oxygen atoms in total.